The summed E-state index contributed by atoms with van der Waals surface area (Å²) in [6.07, 6.45) is 4.59. The van der Waals surface area contributed by atoms with Gasteiger partial charge in [-0.1, -0.05) is 37.5 Å². The summed E-state index contributed by atoms with van der Waals surface area (Å²) in [5, 5.41) is 2.45. The summed E-state index contributed by atoms with van der Waals surface area (Å²) in [6, 6.07) is 7.70. The Kier molecular flexibility index (Phi) is 6.63. The number of amides is 4. The number of urea groups is 1. The highest BCUT2D eigenvalue weighted by atomic mass is 19.1. The number of benzene rings is 2. The minimum Gasteiger partial charge on any atom is -0.334 e. The first-order valence-electron chi connectivity index (χ1n) is 11.3. The number of hydrogen-bond donors (Lipinski definition) is 1. The normalized spacial score (nSPS) is 21.0. The fourth-order valence-corrected chi connectivity index (χ4v) is 4.74. The monoisotopic (exact) mass is 473 g/mol. The minimum atomic E-state index is -1.76. The maximum Gasteiger partial charge on any atom is 0.325 e. The Morgan fingerprint density at radius 2 is 1.68 bits per heavy atom. The van der Waals surface area contributed by atoms with E-state index in [1.165, 1.54) is 19.1 Å². The molecule has 4 amide bonds. The summed E-state index contributed by atoms with van der Waals surface area (Å²) in [6.45, 7) is 1.03. The summed E-state index contributed by atoms with van der Waals surface area (Å²) in [4.78, 5) is 41.6. The van der Waals surface area contributed by atoms with E-state index in [2.05, 4.69) is 5.32 Å². The van der Waals surface area contributed by atoms with Crippen molar-refractivity contribution in [2.75, 3.05) is 6.54 Å². The van der Waals surface area contributed by atoms with E-state index in [1.54, 1.807) is 17.0 Å². The van der Waals surface area contributed by atoms with Crippen LogP contribution in [0.3, 0.4) is 0 Å². The average molecular weight is 473 g/mol. The van der Waals surface area contributed by atoms with Gasteiger partial charge >= 0.3 is 6.03 Å². The molecule has 1 N–H and O–H groups in total. The topological polar surface area (TPSA) is 69.7 Å². The van der Waals surface area contributed by atoms with Crippen molar-refractivity contribution < 1.29 is 27.6 Å². The molecule has 2 aromatic rings. The second-order valence-corrected chi connectivity index (χ2v) is 9.01. The zero-order chi connectivity index (χ0) is 24.5. The molecule has 9 heteroatoms. The number of carbonyl (C=O) groups excluding carboxylic acids is 3. The van der Waals surface area contributed by atoms with Crippen molar-refractivity contribution >= 4 is 17.8 Å². The Hall–Kier alpha value is -3.36. The predicted octanol–water partition coefficient (Wildman–Crippen LogP) is 4.23. The van der Waals surface area contributed by atoms with Crippen LogP contribution >= 0.6 is 0 Å². The third-order valence-electron chi connectivity index (χ3n) is 6.64. The molecule has 2 fully saturated rings. The van der Waals surface area contributed by atoms with Crippen molar-refractivity contribution in [1.29, 1.82) is 0 Å². The van der Waals surface area contributed by atoms with Crippen LogP contribution in [0, 0.1) is 17.5 Å². The van der Waals surface area contributed by atoms with E-state index >= 15 is 0 Å². The Morgan fingerprint density at radius 1 is 1.03 bits per heavy atom. The van der Waals surface area contributed by atoms with Crippen LogP contribution in [0.25, 0.3) is 0 Å². The van der Waals surface area contributed by atoms with Gasteiger partial charge in [0.1, 0.15) is 29.5 Å². The summed E-state index contributed by atoms with van der Waals surface area (Å²) >= 11 is 0. The van der Waals surface area contributed by atoms with E-state index in [1.807, 2.05) is 0 Å². The first kappa shape index (κ1) is 23.8. The van der Waals surface area contributed by atoms with Gasteiger partial charge in [0, 0.05) is 24.2 Å². The van der Waals surface area contributed by atoms with Gasteiger partial charge in [-0.25, -0.2) is 18.0 Å². The molecule has 34 heavy (non-hydrogen) atoms. The van der Waals surface area contributed by atoms with Gasteiger partial charge in [0.2, 0.25) is 5.91 Å². The molecule has 1 aliphatic heterocycles. The van der Waals surface area contributed by atoms with Gasteiger partial charge in [0.05, 0.1) is 0 Å². The molecule has 4 rings (SSSR count). The van der Waals surface area contributed by atoms with Crippen LogP contribution in [0.1, 0.15) is 50.2 Å². The molecule has 1 saturated heterocycles. The molecule has 0 spiro atoms. The van der Waals surface area contributed by atoms with Crippen LogP contribution in [0.5, 0.6) is 0 Å². The van der Waals surface area contributed by atoms with Crippen LogP contribution < -0.4 is 5.32 Å². The zero-order valence-corrected chi connectivity index (χ0v) is 18.8. The molecule has 1 atom stereocenters. The van der Waals surface area contributed by atoms with Crippen LogP contribution in [-0.2, 0) is 21.7 Å². The first-order valence-corrected chi connectivity index (χ1v) is 11.3. The molecule has 1 unspecified atom stereocenters. The number of nitrogens with zero attached hydrogens (tertiary/aromatic N) is 2. The fraction of sp³-hybridized carbons (Fsp3) is 0.400. The average Bonchev–Trinajstić information content (AvgIpc) is 3.02. The number of hydrogen-bond acceptors (Lipinski definition) is 3. The highest BCUT2D eigenvalue weighted by Crippen LogP contribution is 2.31. The third kappa shape index (κ3) is 4.64. The lowest BCUT2D eigenvalue weighted by molar-refractivity contribution is -0.141. The van der Waals surface area contributed by atoms with Crippen molar-refractivity contribution in [2.45, 2.75) is 57.2 Å². The second kappa shape index (κ2) is 9.48. The number of rotatable bonds is 6. The highest BCUT2D eigenvalue weighted by molar-refractivity contribution is 6.09. The standard InChI is InChI=1S/C25H26F3N3O3/c1-25(20-12-11-18(27)13-21(20)28)23(33)31(24(34)29-25)15-22(32)30(19-5-3-2-4-6-19)14-16-7-9-17(26)10-8-16/h7-13,19H,2-6,14-15H2,1H3,(H,29,34). The molecule has 180 valence electrons. The Balaban J connectivity index is 1.56. The number of carbonyl (C=O) groups is 3. The minimum absolute atomic E-state index is 0.0620. The Labute approximate surface area is 195 Å². The molecule has 0 bridgehead atoms. The lowest BCUT2D eigenvalue weighted by Crippen LogP contribution is -2.48. The summed E-state index contributed by atoms with van der Waals surface area (Å²) in [7, 11) is 0. The first-order chi connectivity index (χ1) is 16.2. The molecule has 1 saturated carbocycles. The van der Waals surface area contributed by atoms with Gasteiger partial charge < -0.3 is 10.2 Å². The fourth-order valence-electron chi connectivity index (χ4n) is 4.74. The van der Waals surface area contributed by atoms with Gasteiger partial charge in [-0.2, -0.15) is 0 Å². The summed E-state index contributed by atoms with van der Waals surface area (Å²) in [5.41, 5.74) is -1.21. The van der Waals surface area contributed by atoms with E-state index in [-0.39, 0.29) is 24.0 Å². The van der Waals surface area contributed by atoms with Gasteiger partial charge in [-0.3, -0.25) is 14.5 Å². The number of halogens is 3. The second-order valence-electron chi connectivity index (χ2n) is 9.01. The largest absolute Gasteiger partial charge is 0.334 e. The zero-order valence-electron chi connectivity index (χ0n) is 18.8. The quantitative estimate of drug-likeness (QED) is 0.639. The number of nitrogens with one attached hydrogen (secondary N) is 1. The van der Waals surface area contributed by atoms with E-state index in [4.69, 9.17) is 0 Å². The Bertz CT molecular complexity index is 1100. The van der Waals surface area contributed by atoms with Crippen LogP contribution in [0.15, 0.2) is 42.5 Å². The van der Waals surface area contributed by atoms with Gasteiger partial charge in [-0.15, -0.1) is 0 Å². The molecule has 2 aliphatic rings. The van der Waals surface area contributed by atoms with E-state index in [0.717, 1.165) is 54.7 Å². The lowest BCUT2D eigenvalue weighted by Gasteiger charge is -2.35. The van der Waals surface area contributed by atoms with Crippen LogP contribution in [0.2, 0.25) is 0 Å². The van der Waals surface area contributed by atoms with Crippen molar-refractivity contribution in [1.82, 2.24) is 15.1 Å². The van der Waals surface area contributed by atoms with Gasteiger partial charge in [0.25, 0.3) is 5.91 Å². The molecule has 1 heterocycles. The van der Waals surface area contributed by atoms with E-state index in [9.17, 15) is 27.6 Å². The molecule has 1 aliphatic carbocycles. The number of imide groups is 1. The predicted molar refractivity (Wildman–Crippen MR) is 118 cm³/mol. The molecule has 0 radical (unpaired) electrons. The summed E-state index contributed by atoms with van der Waals surface area (Å²) in [5.74, 6) is -3.38. The Morgan fingerprint density at radius 3 is 2.32 bits per heavy atom. The van der Waals surface area contributed by atoms with Crippen molar-refractivity contribution in [3.8, 4) is 0 Å². The van der Waals surface area contributed by atoms with Crippen molar-refractivity contribution in [3.05, 3.63) is 71.0 Å². The SMILES string of the molecule is CC1(c2ccc(F)cc2F)NC(=O)N(CC(=O)N(Cc2ccc(F)cc2)C2CCCCC2)C1=O. The molecule has 0 aromatic heterocycles. The van der Waals surface area contributed by atoms with Crippen LogP contribution in [0.4, 0.5) is 18.0 Å². The van der Waals surface area contributed by atoms with Crippen LogP contribution in [-0.4, -0.2) is 40.2 Å². The molecule has 2 aromatic carbocycles. The lowest BCUT2D eigenvalue weighted by atomic mass is 9.91. The third-order valence-corrected chi connectivity index (χ3v) is 6.64. The summed E-state index contributed by atoms with van der Waals surface area (Å²) < 4.78 is 41.1. The van der Waals surface area contributed by atoms with Crippen molar-refractivity contribution in [3.63, 3.8) is 0 Å². The van der Waals surface area contributed by atoms with Gasteiger partial charge in [0.15, 0.2) is 0 Å². The maximum absolute atomic E-state index is 14.4. The van der Waals surface area contributed by atoms with E-state index < -0.39 is 41.6 Å². The molecule has 6 nitrogen and oxygen atoms in total. The smallest absolute Gasteiger partial charge is 0.325 e. The maximum atomic E-state index is 14.4. The van der Waals surface area contributed by atoms with Gasteiger partial charge in [-0.05, 0) is 43.5 Å². The molecular formula is C25H26F3N3O3. The van der Waals surface area contributed by atoms with Crippen molar-refractivity contribution in [2.24, 2.45) is 0 Å². The highest BCUT2D eigenvalue weighted by Gasteiger charge is 2.51. The molecular weight excluding hydrogens is 447 g/mol. The van der Waals surface area contributed by atoms with E-state index in [0.29, 0.717) is 6.07 Å².